The van der Waals surface area contributed by atoms with Crippen LogP contribution in [0.2, 0.25) is 0 Å². The molecule has 17 heavy (non-hydrogen) atoms. The van der Waals surface area contributed by atoms with Crippen molar-refractivity contribution in [3.8, 4) is 0 Å². The van der Waals surface area contributed by atoms with Gasteiger partial charge in [-0.05, 0) is 30.9 Å². The molecule has 1 aromatic heterocycles. The summed E-state index contributed by atoms with van der Waals surface area (Å²) in [7, 11) is 0. The number of fused-ring (bicyclic) bond motifs is 3. The molecule has 0 amide bonds. The smallest absolute Gasteiger partial charge is 0.114 e. The number of rotatable bonds is 1. The maximum Gasteiger partial charge on any atom is 0.114 e. The molecule has 1 unspecified atom stereocenters. The second-order valence-electron chi connectivity index (χ2n) is 5.27. The first-order valence-electron chi connectivity index (χ1n) is 6.32. The van der Waals surface area contributed by atoms with E-state index in [1.807, 2.05) is 0 Å². The van der Waals surface area contributed by atoms with Crippen LogP contribution in [0, 0.1) is 11.8 Å². The molecule has 0 spiro atoms. The van der Waals surface area contributed by atoms with Crippen molar-refractivity contribution in [2.45, 2.75) is 27.2 Å². The fourth-order valence-electron chi connectivity index (χ4n) is 2.69. The molecule has 2 aromatic rings. The topological polar surface area (TPSA) is 17.8 Å². The highest BCUT2D eigenvalue weighted by molar-refractivity contribution is 5.80. The standard InChI is InChI=1S/C15H18N2/c1-10(2)12-8-11(3)17-14-7-5-4-6-13(14)16-15(17)9-12/h4-8,10,12H,9H2,1-3H3. The van der Waals surface area contributed by atoms with Crippen molar-refractivity contribution < 1.29 is 0 Å². The number of para-hydroxylation sites is 2. The predicted octanol–water partition coefficient (Wildman–Crippen LogP) is 3.73. The molecule has 2 heteroatoms. The Hall–Kier alpha value is -1.57. The lowest BCUT2D eigenvalue weighted by molar-refractivity contribution is 0.444. The summed E-state index contributed by atoms with van der Waals surface area (Å²) >= 11 is 0. The van der Waals surface area contributed by atoms with Gasteiger partial charge < -0.3 is 4.57 Å². The summed E-state index contributed by atoms with van der Waals surface area (Å²) < 4.78 is 2.30. The molecular weight excluding hydrogens is 208 g/mol. The Morgan fingerprint density at radius 3 is 2.82 bits per heavy atom. The summed E-state index contributed by atoms with van der Waals surface area (Å²) in [5.74, 6) is 2.52. The van der Waals surface area contributed by atoms with Gasteiger partial charge in [-0.15, -0.1) is 0 Å². The summed E-state index contributed by atoms with van der Waals surface area (Å²) in [6.45, 7) is 6.76. The molecule has 0 N–H and O–H groups in total. The third-order valence-corrected chi connectivity index (χ3v) is 3.71. The number of aromatic nitrogens is 2. The third-order valence-electron chi connectivity index (χ3n) is 3.71. The minimum atomic E-state index is 0.624. The van der Waals surface area contributed by atoms with Gasteiger partial charge in [-0.3, -0.25) is 0 Å². The van der Waals surface area contributed by atoms with E-state index in [1.165, 1.54) is 17.0 Å². The van der Waals surface area contributed by atoms with Gasteiger partial charge in [0.25, 0.3) is 0 Å². The number of allylic oxidation sites excluding steroid dienone is 2. The SMILES string of the molecule is CC1=CC(C(C)C)Cc2nc3ccccc3n21. The van der Waals surface area contributed by atoms with Crippen molar-refractivity contribution in [2.75, 3.05) is 0 Å². The number of benzene rings is 1. The molecule has 0 radical (unpaired) electrons. The number of imidazole rings is 1. The number of hydrogen-bond donors (Lipinski definition) is 0. The molecule has 0 bridgehead atoms. The highest BCUT2D eigenvalue weighted by Gasteiger charge is 2.22. The molecule has 0 aliphatic carbocycles. The van der Waals surface area contributed by atoms with E-state index in [-0.39, 0.29) is 0 Å². The van der Waals surface area contributed by atoms with Gasteiger partial charge in [-0.1, -0.05) is 32.1 Å². The molecule has 0 saturated carbocycles. The van der Waals surface area contributed by atoms with E-state index in [1.54, 1.807) is 0 Å². The molecule has 0 saturated heterocycles. The van der Waals surface area contributed by atoms with Gasteiger partial charge in [0.15, 0.2) is 0 Å². The first kappa shape index (κ1) is 10.6. The second kappa shape index (κ2) is 3.73. The van der Waals surface area contributed by atoms with E-state index in [0.29, 0.717) is 11.8 Å². The molecular formula is C15H18N2. The Bertz CT molecular complexity index is 590. The number of nitrogens with zero attached hydrogens (tertiary/aromatic N) is 2. The van der Waals surface area contributed by atoms with E-state index >= 15 is 0 Å². The van der Waals surface area contributed by atoms with Crippen LogP contribution in [0.4, 0.5) is 0 Å². The molecule has 1 aromatic carbocycles. The van der Waals surface area contributed by atoms with Crippen molar-refractivity contribution in [1.29, 1.82) is 0 Å². The second-order valence-corrected chi connectivity index (χ2v) is 5.27. The maximum atomic E-state index is 4.76. The molecule has 88 valence electrons. The van der Waals surface area contributed by atoms with Crippen LogP contribution in [0.15, 0.2) is 30.3 Å². The summed E-state index contributed by atoms with van der Waals surface area (Å²) in [4.78, 5) is 4.76. The van der Waals surface area contributed by atoms with Gasteiger partial charge in [0.1, 0.15) is 5.82 Å². The Morgan fingerprint density at radius 2 is 2.06 bits per heavy atom. The van der Waals surface area contributed by atoms with Crippen LogP contribution in [0.3, 0.4) is 0 Å². The van der Waals surface area contributed by atoms with Gasteiger partial charge in [0.2, 0.25) is 0 Å². The average molecular weight is 226 g/mol. The van der Waals surface area contributed by atoms with E-state index in [9.17, 15) is 0 Å². The molecule has 1 aliphatic rings. The van der Waals surface area contributed by atoms with Crippen molar-refractivity contribution >= 4 is 16.7 Å². The first-order chi connectivity index (χ1) is 8.16. The van der Waals surface area contributed by atoms with Crippen LogP contribution in [0.5, 0.6) is 0 Å². The fourth-order valence-corrected chi connectivity index (χ4v) is 2.69. The zero-order valence-corrected chi connectivity index (χ0v) is 10.6. The first-order valence-corrected chi connectivity index (χ1v) is 6.32. The molecule has 0 fully saturated rings. The molecule has 1 atom stereocenters. The normalized spacial score (nSPS) is 19.5. The maximum absolute atomic E-state index is 4.76. The lowest BCUT2D eigenvalue weighted by Crippen LogP contribution is -2.18. The highest BCUT2D eigenvalue weighted by atomic mass is 15.1. The lowest BCUT2D eigenvalue weighted by Gasteiger charge is -2.24. The van der Waals surface area contributed by atoms with E-state index in [0.717, 1.165) is 11.9 Å². The average Bonchev–Trinajstić information content (AvgIpc) is 2.67. The van der Waals surface area contributed by atoms with Gasteiger partial charge in [-0.25, -0.2) is 4.98 Å². The summed E-state index contributed by atoms with van der Waals surface area (Å²) in [5, 5.41) is 0. The largest absolute Gasteiger partial charge is 0.301 e. The Labute approximate surface area is 102 Å². The third kappa shape index (κ3) is 1.59. The van der Waals surface area contributed by atoms with Crippen LogP contribution < -0.4 is 0 Å². The quantitative estimate of drug-likeness (QED) is 0.724. The Kier molecular flexibility index (Phi) is 2.32. The zero-order valence-electron chi connectivity index (χ0n) is 10.6. The van der Waals surface area contributed by atoms with Gasteiger partial charge in [0.05, 0.1) is 11.0 Å². The number of hydrogen-bond acceptors (Lipinski definition) is 1. The molecule has 3 rings (SSSR count). The molecule has 2 heterocycles. The highest BCUT2D eigenvalue weighted by Crippen LogP contribution is 2.30. The van der Waals surface area contributed by atoms with Crippen molar-refractivity contribution in [2.24, 2.45) is 11.8 Å². The van der Waals surface area contributed by atoms with Crippen LogP contribution in [0.1, 0.15) is 26.6 Å². The molecule has 1 aliphatic heterocycles. The zero-order chi connectivity index (χ0) is 12.0. The van der Waals surface area contributed by atoms with Crippen LogP contribution >= 0.6 is 0 Å². The summed E-state index contributed by atoms with van der Waals surface area (Å²) in [6, 6.07) is 8.39. The van der Waals surface area contributed by atoms with Crippen molar-refractivity contribution in [3.05, 3.63) is 36.2 Å². The Balaban J connectivity index is 2.19. The van der Waals surface area contributed by atoms with E-state index in [2.05, 4.69) is 55.7 Å². The van der Waals surface area contributed by atoms with Crippen molar-refractivity contribution in [3.63, 3.8) is 0 Å². The predicted molar refractivity (Wildman–Crippen MR) is 71.7 cm³/mol. The van der Waals surface area contributed by atoms with Gasteiger partial charge in [0, 0.05) is 12.1 Å². The van der Waals surface area contributed by atoms with E-state index < -0.39 is 0 Å². The van der Waals surface area contributed by atoms with E-state index in [4.69, 9.17) is 4.98 Å². The minimum absolute atomic E-state index is 0.624. The van der Waals surface area contributed by atoms with Crippen LogP contribution in [0.25, 0.3) is 16.7 Å². The Morgan fingerprint density at radius 1 is 1.29 bits per heavy atom. The van der Waals surface area contributed by atoms with Gasteiger partial charge in [-0.2, -0.15) is 0 Å². The van der Waals surface area contributed by atoms with Gasteiger partial charge >= 0.3 is 0 Å². The van der Waals surface area contributed by atoms with Crippen LogP contribution in [-0.2, 0) is 6.42 Å². The lowest BCUT2D eigenvalue weighted by atomic mass is 9.89. The minimum Gasteiger partial charge on any atom is -0.301 e. The fraction of sp³-hybridized carbons (Fsp3) is 0.400. The van der Waals surface area contributed by atoms with Crippen LogP contribution in [-0.4, -0.2) is 9.55 Å². The summed E-state index contributed by atoms with van der Waals surface area (Å²) in [5.41, 5.74) is 3.66. The molecule has 2 nitrogen and oxygen atoms in total. The van der Waals surface area contributed by atoms with Crippen molar-refractivity contribution in [1.82, 2.24) is 9.55 Å². The monoisotopic (exact) mass is 226 g/mol. The summed E-state index contributed by atoms with van der Waals surface area (Å²) in [6.07, 6.45) is 3.45.